The fourth-order valence-corrected chi connectivity index (χ4v) is 5.79. The minimum absolute atomic E-state index is 0.0851. The molecule has 2 heterocycles. The van der Waals surface area contributed by atoms with Gasteiger partial charge in [-0.3, -0.25) is 14.5 Å². The van der Waals surface area contributed by atoms with Gasteiger partial charge in [0.2, 0.25) is 5.13 Å². The molecule has 1 saturated heterocycles. The molecule has 0 spiro atoms. The van der Waals surface area contributed by atoms with Gasteiger partial charge < -0.3 is 10.0 Å². The van der Waals surface area contributed by atoms with Crippen molar-refractivity contribution in [3.63, 3.8) is 0 Å². The quantitative estimate of drug-likeness (QED) is 0.324. The SMILES string of the molecule is CCCCN(C(=O)c1cccc(Cl)c1F)c1nnc(-c2ccc(CCN3CCC(C(=O)O)CC3)cc2C)s1. The average Bonchev–Trinajstić information content (AvgIpc) is 3.39. The lowest BCUT2D eigenvalue weighted by Gasteiger charge is -2.30. The Kier molecular flexibility index (Phi) is 9.46. The molecule has 38 heavy (non-hydrogen) atoms. The monoisotopic (exact) mass is 558 g/mol. The van der Waals surface area contributed by atoms with Crippen molar-refractivity contribution in [2.75, 3.05) is 31.1 Å². The Labute approximate surface area is 231 Å². The van der Waals surface area contributed by atoms with Crippen LogP contribution in [0.5, 0.6) is 0 Å². The number of aromatic nitrogens is 2. The van der Waals surface area contributed by atoms with E-state index in [1.807, 2.05) is 19.9 Å². The predicted molar refractivity (Wildman–Crippen MR) is 149 cm³/mol. The van der Waals surface area contributed by atoms with Crippen molar-refractivity contribution in [1.82, 2.24) is 15.1 Å². The molecular formula is C28H32ClFN4O3S. The van der Waals surface area contributed by atoms with Crippen LogP contribution in [0.15, 0.2) is 36.4 Å². The van der Waals surface area contributed by atoms with Crippen LogP contribution in [0.1, 0.15) is 54.1 Å². The van der Waals surface area contributed by atoms with Gasteiger partial charge in [0.1, 0.15) is 5.01 Å². The number of hydrogen-bond donors (Lipinski definition) is 1. The summed E-state index contributed by atoms with van der Waals surface area (Å²) >= 11 is 7.22. The Bertz CT molecular complexity index is 1290. The summed E-state index contributed by atoms with van der Waals surface area (Å²) in [5.41, 5.74) is 3.12. The number of anilines is 1. The number of benzene rings is 2. The van der Waals surface area contributed by atoms with Crippen LogP contribution in [0.4, 0.5) is 9.52 Å². The molecule has 10 heteroatoms. The van der Waals surface area contributed by atoms with Crippen molar-refractivity contribution >= 4 is 39.9 Å². The van der Waals surface area contributed by atoms with Gasteiger partial charge >= 0.3 is 5.97 Å². The molecule has 4 rings (SSSR count). The molecule has 7 nitrogen and oxygen atoms in total. The predicted octanol–water partition coefficient (Wildman–Crippen LogP) is 6.09. The van der Waals surface area contributed by atoms with Crippen LogP contribution >= 0.6 is 22.9 Å². The van der Waals surface area contributed by atoms with Crippen molar-refractivity contribution in [2.45, 2.75) is 46.0 Å². The second-order valence-corrected chi connectivity index (χ2v) is 11.0. The summed E-state index contributed by atoms with van der Waals surface area (Å²) < 4.78 is 14.6. The summed E-state index contributed by atoms with van der Waals surface area (Å²) in [7, 11) is 0. The number of carbonyl (C=O) groups is 2. The van der Waals surface area contributed by atoms with Crippen LogP contribution in [-0.4, -0.2) is 58.3 Å². The topological polar surface area (TPSA) is 86.6 Å². The third-order valence-corrected chi connectivity index (χ3v) is 8.25. The number of carbonyl (C=O) groups excluding carboxylic acids is 1. The minimum atomic E-state index is -0.733. The third kappa shape index (κ3) is 6.57. The van der Waals surface area contributed by atoms with Gasteiger partial charge in [-0.15, -0.1) is 10.2 Å². The number of rotatable bonds is 10. The first-order valence-corrected chi connectivity index (χ1v) is 14.1. The molecule has 0 atom stereocenters. The molecule has 1 amide bonds. The van der Waals surface area contributed by atoms with Gasteiger partial charge in [0.05, 0.1) is 16.5 Å². The summed E-state index contributed by atoms with van der Waals surface area (Å²) in [6, 6.07) is 10.7. The lowest BCUT2D eigenvalue weighted by atomic mass is 9.96. The van der Waals surface area contributed by atoms with Gasteiger partial charge in [-0.1, -0.05) is 60.5 Å². The largest absolute Gasteiger partial charge is 0.481 e. The van der Waals surface area contributed by atoms with E-state index in [1.165, 1.54) is 33.9 Å². The van der Waals surface area contributed by atoms with Crippen molar-refractivity contribution in [1.29, 1.82) is 0 Å². The van der Waals surface area contributed by atoms with Gasteiger partial charge in [-0.2, -0.15) is 0 Å². The fraction of sp³-hybridized carbons (Fsp3) is 0.429. The number of aliphatic carboxylic acids is 1. The smallest absolute Gasteiger partial charge is 0.306 e. The highest BCUT2D eigenvalue weighted by molar-refractivity contribution is 7.18. The highest BCUT2D eigenvalue weighted by Gasteiger charge is 2.26. The number of carboxylic acids is 1. The molecule has 1 aliphatic heterocycles. The van der Waals surface area contributed by atoms with Crippen LogP contribution in [0.3, 0.4) is 0 Å². The van der Waals surface area contributed by atoms with Crippen molar-refractivity contribution in [3.05, 3.63) is 63.9 Å². The van der Waals surface area contributed by atoms with E-state index in [0.717, 1.165) is 50.0 Å². The van der Waals surface area contributed by atoms with Crippen LogP contribution < -0.4 is 4.90 Å². The van der Waals surface area contributed by atoms with Crippen molar-refractivity contribution < 1.29 is 19.1 Å². The molecule has 2 aromatic carbocycles. The normalized spacial score (nSPS) is 14.5. The van der Waals surface area contributed by atoms with Crippen molar-refractivity contribution in [3.8, 4) is 10.6 Å². The number of halogens is 2. The van der Waals surface area contributed by atoms with E-state index >= 15 is 0 Å². The van der Waals surface area contributed by atoms with Crippen LogP contribution in [0, 0.1) is 18.7 Å². The summed E-state index contributed by atoms with van der Waals surface area (Å²) in [5, 5.41) is 18.9. The van der Waals surface area contributed by atoms with Gasteiger partial charge in [0.25, 0.3) is 5.91 Å². The average molecular weight is 559 g/mol. The Morgan fingerprint density at radius 2 is 1.97 bits per heavy atom. The Morgan fingerprint density at radius 3 is 2.66 bits per heavy atom. The van der Waals surface area contributed by atoms with E-state index in [2.05, 4.69) is 27.2 Å². The highest BCUT2D eigenvalue weighted by atomic mass is 35.5. The number of carboxylic acid groups (broad SMARTS) is 1. The highest BCUT2D eigenvalue weighted by Crippen LogP contribution is 2.33. The van der Waals surface area contributed by atoms with E-state index < -0.39 is 17.7 Å². The Balaban J connectivity index is 1.46. The number of hydrogen-bond acceptors (Lipinski definition) is 6. The summed E-state index contributed by atoms with van der Waals surface area (Å²) in [5.74, 6) is -2.13. The van der Waals surface area contributed by atoms with Gasteiger partial charge in [0, 0.05) is 18.7 Å². The molecule has 0 radical (unpaired) electrons. The zero-order valence-corrected chi connectivity index (χ0v) is 23.2. The van der Waals surface area contributed by atoms with Gasteiger partial charge in [0.15, 0.2) is 5.82 Å². The number of unbranched alkanes of at least 4 members (excludes halogenated alkanes) is 1. The molecular weight excluding hydrogens is 527 g/mol. The second-order valence-electron chi connectivity index (χ2n) is 9.65. The zero-order chi connectivity index (χ0) is 27.2. The third-order valence-electron chi connectivity index (χ3n) is 6.98. The van der Waals surface area contributed by atoms with Crippen molar-refractivity contribution in [2.24, 2.45) is 5.92 Å². The van der Waals surface area contributed by atoms with E-state index in [1.54, 1.807) is 6.07 Å². The number of likely N-dealkylation sites (tertiary alicyclic amines) is 1. The Hall–Kier alpha value is -2.88. The van der Waals surface area contributed by atoms with Crippen LogP contribution in [0.25, 0.3) is 10.6 Å². The summed E-state index contributed by atoms with van der Waals surface area (Å²) in [6.07, 6.45) is 3.89. The molecule has 202 valence electrons. The standard InChI is InChI=1S/C28H32ClFN4O3S/c1-3-4-13-34(26(35)22-6-5-7-23(29)24(22)30)28-32-31-25(38-28)21-9-8-19(17-18(21)2)10-14-33-15-11-20(12-16-33)27(36)37/h5-9,17,20H,3-4,10-16H2,1-2H3,(H,36,37). The molecule has 1 N–H and O–H groups in total. The molecule has 1 aromatic heterocycles. The number of aryl methyl sites for hydroxylation is 1. The molecule has 0 bridgehead atoms. The molecule has 0 saturated carbocycles. The first-order chi connectivity index (χ1) is 18.3. The minimum Gasteiger partial charge on any atom is -0.481 e. The number of piperidine rings is 1. The van der Waals surface area contributed by atoms with E-state index in [0.29, 0.717) is 29.5 Å². The fourth-order valence-electron chi connectivity index (χ4n) is 4.66. The van der Waals surface area contributed by atoms with Crippen LogP contribution in [0.2, 0.25) is 5.02 Å². The summed E-state index contributed by atoms with van der Waals surface area (Å²) in [4.78, 5) is 28.2. The first-order valence-electron chi connectivity index (χ1n) is 12.9. The van der Waals surface area contributed by atoms with E-state index in [9.17, 15) is 19.1 Å². The Morgan fingerprint density at radius 1 is 1.21 bits per heavy atom. The van der Waals surface area contributed by atoms with Crippen LogP contribution in [-0.2, 0) is 11.2 Å². The molecule has 0 unspecified atom stereocenters. The first kappa shape index (κ1) is 28.1. The maximum Gasteiger partial charge on any atom is 0.306 e. The van der Waals surface area contributed by atoms with E-state index in [-0.39, 0.29) is 16.5 Å². The lowest BCUT2D eigenvalue weighted by Crippen LogP contribution is -2.37. The van der Waals surface area contributed by atoms with E-state index in [4.69, 9.17) is 11.6 Å². The molecule has 3 aromatic rings. The second kappa shape index (κ2) is 12.8. The maximum absolute atomic E-state index is 14.6. The summed E-state index contributed by atoms with van der Waals surface area (Å²) in [6.45, 7) is 6.97. The van der Waals surface area contributed by atoms with Gasteiger partial charge in [-0.05, 0) is 69.0 Å². The maximum atomic E-state index is 14.6. The number of amides is 1. The molecule has 0 aliphatic carbocycles. The van der Waals surface area contributed by atoms with Gasteiger partial charge in [-0.25, -0.2) is 4.39 Å². The zero-order valence-electron chi connectivity index (χ0n) is 21.6. The molecule has 1 aliphatic rings. The lowest BCUT2D eigenvalue weighted by molar-refractivity contribution is -0.143. The molecule has 1 fully saturated rings. The number of nitrogens with zero attached hydrogens (tertiary/aromatic N) is 4.